The molecule has 0 radical (unpaired) electrons. The number of benzene rings is 1. The summed E-state index contributed by atoms with van der Waals surface area (Å²) in [6.07, 6.45) is 0. The van der Waals surface area contributed by atoms with E-state index in [1.165, 1.54) is 10.5 Å². The average molecular weight is 152 g/mol. The maximum absolute atomic E-state index is 5.39. The van der Waals surface area contributed by atoms with Crippen LogP contribution in [0.2, 0.25) is 0 Å². The Labute approximate surface area is 64.4 Å². The second kappa shape index (κ2) is 2.20. The number of aryl methyl sites for hydroxylation is 1. The molecule has 0 amide bonds. The zero-order valence-corrected chi connectivity index (χ0v) is 6.57. The molecule has 1 aromatic rings. The molecular weight excluding hydrogens is 144 g/mol. The molecular formula is C8H8OS. The average Bonchev–Trinajstić information content (AvgIpc) is 2.36. The highest BCUT2D eigenvalue weighted by Crippen LogP contribution is 2.37. The van der Waals surface area contributed by atoms with Crippen LogP contribution in [-0.2, 0) is 0 Å². The van der Waals surface area contributed by atoms with Crippen LogP contribution in [0, 0.1) is 6.92 Å². The summed E-state index contributed by atoms with van der Waals surface area (Å²) in [5.41, 5.74) is 1.24. The van der Waals surface area contributed by atoms with E-state index in [1.54, 1.807) is 11.8 Å². The molecule has 0 atom stereocenters. The first-order chi connectivity index (χ1) is 4.88. The van der Waals surface area contributed by atoms with E-state index in [0.29, 0.717) is 0 Å². The maximum atomic E-state index is 5.39. The summed E-state index contributed by atoms with van der Waals surface area (Å²) in [7, 11) is 0. The molecule has 1 aromatic carbocycles. The van der Waals surface area contributed by atoms with Gasteiger partial charge in [0.25, 0.3) is 0 Å². The van der Waals surface area contributed by atoms with Crippen LogP contribution in [-0.4, -0.2) is 5.94 Å². The van der Waals surface area contributed by atoms with Crippen molar-refractivity contribution in [2.45, 2.75) is 11.8 Å². The van der Waals surface area contributed by atoms with Crippen LogP contribution in [0.4, 0.5) is 0 Å². The van der Waals surface area contributed by atoms with Crippen molar-refractivity contribution in [3.05, 3.63) is 23.8 Å². The van der Waals surface area contributed by atoms with Crippen molar-refractivity contribution in [1.82, 2.24) is 0 Å². The minimum atomic E-state index is 0.778. The lowest BCUT2D eigenvalue weighted by Gasteiger charge is -1.99. The van der Waals surface area contributed by atoms with Gasteiger partial charge in [-0.3, -0.25) is 0 Å². The molecule has 10 heavy (non-hydrogen) atoms. The van der Waals surface area contributed by atoms with Crippen LogP contribution in [0.15, 0.2) is 23.1 Å². The summed E-state index contributed by atoms with van der Waals surface area (Å²) in [5, 5.41) is 0. The third-order valence-corrected chi connectivity index (χ3v) is 2.46. The minimum Gasteiger partial charge on any atom is -0.481 e. The van der Waals surface area contributed by atoms with E-state index < -0.39 is 0 Å². The van der Waals surface area contributed by atoms with Gasteiger partial charge < -0.3 is 4.74 Å². The van der Waals surface area contributed by atoms with Gasteiger partial charge in [0, 0.05) is 0 Å². The number of rotatable bonds is 0. The molecule has 0 bridgehead atoms. The fourth-order valence-electron chi connectivity index (χ4n) is 1.08. The molecule has 0 saturated heterocycles. The maximum Gasteiger partial charge on any atom is 0.138 e. The Morgan fingerprint density at radius 1 is 1.50 bits per heavy atom. The predicted octanol–water partition coefficient (Wildman–Crippen LogP) is 2.44. The molecule has 1 aliphatic heterocycles. The van der Waals surface area contributed by atoms with Gasteiger partial charge >= 0.3 is 0 Å². The van der Waals surface area contributed by atoms with E-state index in [4.69, 9.17) is 4.74 Å². The van der Waals surface area contributed by atoms with E-state index in [0.717, 1.165) is 11.7 Å². The number of ether oxygens (including phenoxy) is 1. The van der Waals surface area contributed by atoms with Gasteiger partial charge in [-0.2, -0.15) is 0 Å². The molecule has 0 spiro atoms. The molecule has 0 aliphatic carbocycles. The van der Waals surface area contributed by atoms with Gasteiger partial charge in [-0.05, 0) is 18.6 Å². The van der Waals surface area contributed by atoms with Gasteiger partial charge in [-0.1, -0.05) is 23.9 Å². The first-order valence-corrected chi connectivity index (χ1v) is 4.22. The van der Waals surface area contributed by atoms with Gasteiger partial charge in [-0.15, -0.1) is 0 Å². The molecule has 1 aliphatic rings. The highest BCUT2D eigenvalue weighted by atomic mass is 32.2. The minimum absolute atomic E-state index is 0.778. The van der Waals surface area contributed by atoms with Gasteiger partial charge in [0.2, 0.25) is 0 Å². The number of para-hydroxylation sites is 1. The number of fused-ring (bicyclic) bond motifs is 1. The SMILES string of the molecule is Cc1cccc2c1OCS2. The molecule has 0 fully saturated rings. The Morgan fingerprint density at radius 2 is 2.40 bits per heavy atom. The summed E-state index contributed by atoms with van der Waals surface area (Å²) in [6, 6.07) is 6.24. The van der Waals surface area contributed by atoms with Gasteiger partial charge in [0.15, 0.2) is 0 Å². The van der Waals surface area contributed by atoms with Gasteiger partial charge in [0.1, 0.15) is 11.7 Å². The highest BCUT2D eigenvalue weighted by Gasteiger charge is 2.13. The Hall–Kier alpha value is -0.630. The lowest BCUT2D eigenvalue weighted by Crippen LogP contribution is -1.84. The van der Waals surface area contributed by atoms with E-state index in [2.05, 4.69) is 25.1 Å². The molecule has 2 rings (SSSR count). The zero-order chi connectivity index (χ0) is 6.97. The molecule has 0 unspecified atom stereocenters. The summed E-state index contributed by atoms with van der Waals surface area (Å²) < 4.78 is 5.39. The van der Waals surface area contributed by atoms with E-state index >= 15 is 0 Å². The van der Waals surface area contributed by atoms with E-state index in [1.807, 2.05) is 0 Å². The smallest absolute Gasteiger partial charge is 0.138 e. The van der Waals surface area contributed by atoms with Gasteiger partial charge in [-0.25, -0.2) is 0 Å². The molecule has 1 heterocycles. The first kappa shape index (κ1) is 6.10. The topological polar surface area (TPSA) is 9.23 Å². The van der Waals surface area contributed by atoms with Crippen LogP contribution in [0.3, 0.4) is 0 Å². The summed E-state index contributed by atoms with van der Waals surface area (Å²) in [4.78, 5) is 1.28. The summed E-state index contributed by atoms with van der Waals surface area (Å²) in [6.45, 7) is 2.07. The van der Waals surface area contributed by atoms with Crippen LogP contribution in [0.5, 0.6) is 5.75 Å². The highest BCUT2D eigenvalue weighted by molar-refractivity contribution is 7.99. The normalized spacial score (nSPS) is 14.5. The first-order valence-electron chi connectivity index (χ1n) is 3.23. The summed E-state index contributed by atoms with van der Waals surface area (Å²) >= 11 is 1.76. The second-order valence-electron chi connectivity index (χ2n) is 2.31. The lowest BCUT2D eigenvalue weighted by molar-refractivity contribution is 0.394. The third-order valence-electron chi connectivity index (χ3n) is 1.59. The van der Waals surface area contributed by atoms with Crippen molar-refractivity contribution in [2.75, 3.05) is 5.94 Å². The Balaban J connectivity index is 2.59. The quantitative estimate of drug-likeness (QED) is 0.564. The third kappa shape index (κ3) is 0.797. The standard InChI is InChI=1S/C8H8OS/c1-6-3-2-4-7-8(6)9-5-10-7/h2-4H,5H2,1H3. The lowest BCUT2D eigenvalue weighted by atomic mass is 10.2. The molecule has 52 valence electrons. The second-order valence-corrected chi connectivity index (χ2v) is 3.27. The van der Waals surface area contributed by atoms with Crippen molar-refractivity contribution >= 4 is 11.8 Å². The monoisotopic (exact) mass is 152 g/mol. The van der Waals surface area contributed by atoms with Crippen molar-refractivity contribution in [2.24, 2.45) is 0 Å². The fraction of sp³-hybridized carbons (Fsp3) is 0.250. The largest absolute Gasteiger partial charge is 0.481 e. The number of hydrogen-bond acceptors (Lipinski definition) is 2. The number of hydrogen-bond donors (Lipinski definition) is 0. The Morgan fingerprint density at radius 3 is 3.20 bits per heavy atom. The van der Waals surface area contributed by atoms with Crippen LogP contribution < -0.4 is 4.74 Å². The molecule has 2 heteroatoms. The predicted molar refractivity (Wildman–Crippen MR) is 42.5 cm³/mol. The van der Waals surface area contributed by atoms with Crippen molar-refractivity contribution in [3.63, 3.8) is 0 Å². The molecule has 0 aromatic heterocycles. The van der Waals surface area contributed by atoms with Crippen molar-refractivity contribution < 1.29 is 4.74 Å². The van der Waals surface area contributed by atoms with E-state index in [9.17, 15) is 0 Å². The fourth-order valence-corrected chi connectivity index (χ4v) is 1.91. The molecule has 0 saturated carbocycles. The van der Waals surface area contributed by atoms with Crippen molar-refractivity contribution in [1.29, 1.82) is 0 Å². The van der Waals surface area contributed by atoms with Crippen LogP contribution >= 0.6 is 11.8 Å². The van der Waals surface area contributed by atoms with E-state index in [-0.39, 0.29) is 0 Å². The van der Waals surface area contributed by atoms with Crippen LogP contribution in [0.25, 0.3) is 0 Å². The van der Waals surface area contributed by atoms with Gasteiger partial charge in [0.05, 0.1) is 4.90 Å². The Kier molecular flexibility index (Phi) is 1.34. The molecule has 0 N–H and O–H groups in total. The Bertz CT molecular complexity index is 257. The zero-order valence-electron chi connectivity index (χ0n) is 5.76. The molecule has 1 nitrogen and oxygen atoms in total. The van der Waals surface area contributed by atoms with Crippen molar-refractivity contribution in [3.8, 4) is 5.75 Å². The van der Waals surface area contributed by atoms with Crippen LogP contribution in [0.1, 0.15) is 5.56 Å². The number of thioether (sulfide) groups is 1. The summed E-state index contributed by atoms with van der Waals surface area (Å²) in [5.74, 6) is 1.85.